The molecule has 0 aliphatic heterocycles. The van der Waals surface area contributed by atoms with Crippen LogP contribution in [0.15, 0.2) is 37.1 Å². The van der Waals surface area contributed by atoms with Crippen molar-refractivity contribution in [3.8, 4) is 11.4 Å². The highest BCUT2D eigenvalue weighted by Crippen LogP contribution is 2.36. The molecule has 2 atom stereocenters. The van der Waals surface area contributed by atoms with Gasteiger partial charge in [0.25, 0.3) is 5.91 Å². The third kappa shape index (κ3) is 4.90. The second-order valence-electron chi connectivity index (χ2n) is 8.68. The van der Waals surface area contributed by atoms with Crippen LogP contribution < -0.4 is 10.6 Å². The summed E-state index contributed by atoms with van der Waals surface area (Å²) in [6.07, 6.45) is 8.74. The van der Waals surface area contributed by atoms with E-state index in [1.807, 2.05) is 21.2 Å². The highest BCUT2D eigenvalue weighted by molar-refractivity contribution is 14.2. The highest BCUT2D eigenvalue weighted by atomic mass is 127. The number of anilines is 1. The first-order chi connectivity index (χ1) is 17.3. The maximum Gasteiger partial charge on any atom is 0.269 e. The lowest BCUT2D eigenvalue weighted by Crippen LogP contribution is -2.42. The van der Waals surface area contributed by atoms with Crippen molar-refractivity contribution in [3.63, 3.8) is 0 Å². The number of aromatic nitrogens is 5. The molecule has 5 rings (SSSR count). The van der Waals surface area contributed by atoms with Gasteiger partial charge in [0.2, 0.25) is 0 Å². The van der Waals surface area contributed by atoms with Gasteiger partial charge in [0.05, 0.1) is 24.2 Å². The maximum absolute atomic E-state index is 14.7. The molecule has 0 unspecified atom stereocenters. The van der Waals surface area contributed by atoms with Crippen LogP contribution in [0.25, 0.3) is 22.3 Å². The first kappa shape index (κ1) is 24.9. The van der Waals surface area contributed by atoms with Gasteiger partial charge in [-0.1, -0.05) is 0 Å². The molecule has 1 aromatic carbocycles. The number of nitrogens with one attached hydrogen (secondary N) is 2. The number of nitrogens with zero attached hydrogens (tertiary/aromatic N) is 5. The van der Waals surface area contributed by atoms with Gasteiger partial charge in [-0.05, 0) is 31.7 Å². The molecule has 1 aliphatic carbocycles. The van der Waals surface area contributed by atoms with E-state index in [0.717, 1.165) is 31.5 Å². The number of carbonyl (C=O) groups excluding carboxylic acids is 1. The van der Waals surface area contributed by atoms with Crippen LogP contribution in [0.4, 0.5) is 19.0 Å². The Bertz CT molecular complexity index is 1440. The van der Waals surface area contributed by atoms with Gasteiger partial charge in [0, 0.05) is 72.7 Å². The number of benzene rings is 1. The number of hydrogen-bond acceptors (Lipinski definition) is 6. The van der Waals surface area contributed by atoms with Crippen LogP contribution >= 0.6 is 30.3 Å². The average molecular weight is 627 g/mol. The van der Waals surface area contributed by atoms with Gasteiger partial charge in [0.1, 0.15) is 11.5 Å². The van der Waals surface area contributed by atoms with E-state index < -0.39 is 17.5 Å². The quantitative estimate of drug-likeness (QED) is 0.284. The zero-order valence-corrected chi connectivity index (χ0v) is 22.0. The fourth-order valence-electron chi connectivity index (χ4n) is 4.56. The summed E-state index contributed by atoms with van der Waals surface area (Å²) in [5.41, 5.74) is 1.06. The molecule has 4 aromatic rings. The largest absolute Gasteiger partial charge is 0.365 e. The summed E-state index contributed by atoms with van der Waals surface area (Å²) >= 11 is 1.99. The molecule has 8 nitrogen and oxygen atoms in total. The Hall–Kier alpha value is -2.81. The molecule has 0 bridgehead atoms. The number of fused-ring (bicyclic) bond motifs is 1. The maximum atomic E-state index is 14.7. The SMILES string of the molecule is Cn1cncc1C(=O)N[C@@H]1CCC[C@H](Nc2nc(-c3cn(SI)c4c(F)cc(F)cc34)ncc2F)C1. The number of amides is 1. The molecular weight excluding hydrogens is 606 g/mol. The summed E-state index contributed by atoms with van der Waals surface area (Å²) in [6.45, 7) is 0. The number of imidazole rings is 1. The minimum Gasteiger partial charge on any atom is -0.365 e. The molecule has 1 amide bonds. The van der Waals surface area contributed by atoms with Crippen molar-refractivity contribution in [2.24, 2.45) is 7.05 Å². The molecule has 36 heavy (non-hydrogen) atoms. The number of hydrogen-bond donors (Lipinski definition) is 2. The average Bonchev–Trinajstić information content (AvgIpc) is 3.44. The molecule has 3 aromatic heterocycles. The Balaban J connectivity index is 1.37. The lowest BCUT2D eigenvalue weighted by molar-refractivity contribution is 0.0918. The van der Waals surface area contributed by atoms with Crippen molar-refractivity contribution in [2.75, 3.05) is 5.32 Å². The monoisotopic (exact) mass is 627 g/mol. The smallest absolute Gasteiger partial charge is 0.269 e. The molecule has 0 spiro atoms. The summed E-state index contributed by atoms with van der Waals surface area (Å²) in [7, 11) is 2.97. The Labute approximate surface area is 220 Å². The van der Waals surface area contributed by atoms with Crippen LogP contribution in [-0.2, 0) is 7.05 Å². The number of aryl methyl sites for hydroxylation is 1. The van der Waals surface area contributed by atoms with Gasteiger partial charge in [-0.25, -0.2) is 28.1 Å². The predicted octanol–water partition coefficient (Wildman–Crippen LogP) is 5.25. The van der Waals surface area contributed by atoms with E-state index in [2.05, 4.69) is 25.6 Å². The minimum absolute atomic E-state index is 0.00325. The van der Waals surface area contributed by atoms with Crippen molar-refractivity contribution in [3.05, 3.63) is 60.2 Å². The van der Waals surface area contributed by atoms with Crippen LogP contribution in [0.2, 0.25) is 0 Å². The highest BCUT2D eigenvalue weighted by Gasteiger charge is 2.26. The Kier molecular flexibility index (Phi) is 7.10. The fraction of sp³-hybridized carbons (Fsp3) is 0.304. The van der Waals surface area contributed by atoms with Crippen molar-refractivity contribution < 1.29 is 18.0 Å². The van der Waals surface area contributed by atoms with Gasteiger partial charge < -0.3 is 15.2 Å². The van der Waals surface area contributed by atoms with Crippen LogP contribution in [-0.4, -0.2) is 41.5 Å². The lowest BCUT2D eigenvalue weighted by atomic mass is 9.91. The van der Waals surface area contributed by atoms with E-state index in [9.17, 15) is 18.0 Å². The third-order valence-corrected chi connectivity index (χ3v) is 7.95. The van der Waals surface area contributed by atoms with Gasteiger partial charge in [-0.3, -0.25) is 8.77 Å². The number of carbonyl (C=O) groups is 1. The van der Waals surface area contributed by atoms with Crippen molar-refractivity contribution in [1.82, 2.24) is 28.8 Å². The Morgan fingerprint density at radius 3 is 2.72 bits per heavy atom. The van der Waals surface area contributed by atoms with Crippen LogP contribution in [0.5, 0.6) is 0 Å². The zero-order chi connectivity index (χ0) is 25.4. The third-order valence-electron chi connectivity index (χ3n) is 6.24. The zero-order valence-electron chi connectivity index (χ0n) is 19.0. The molecule has 1 saturated carbocycles. The van der Waals surface area contributed by atoms with Crippen molar-refractivity contribution in [1.29, 1.82) is 0 Å². The molecule has 13 heteroatoms. The lowest BCUT2D eigenvalue weighted by Gasteiger charge is -2.30. The molecule has 188 valence electrons. The Morgan fingerprint density at radius 1 is 1.17 bits per heavy atom. The summed E-state index contributed by atoms with van der Waals surface area (Å²) in [5, 5.41) is 6.47. The number of halogens is 4. The molecule has 1 fully saturated rings. The second kappa shape index (κ2) is 10.3. The standard InChI is InChI=1S/C23H21F3IN7OS/c1-33-11-28-9-19(33)23(35)31-14-4-2-3-13(7-14)30-22-18(26)8-29-21(32-22)16-10-34(36-27)20-15(16)5-12(24)6-17(20)25/h5-6,8-11,13-14H,2-4,7H2,1H3,(H,31,35)(H,29,30,32)/t13-,14+/m0/s1. The summed E-state index contributed by atoms with van der Waals surface area (Å²) in [5.74, 6) is -2.12. The molecule has 0 saturated heterocycles. The van der Waals surface area contributed by atoms with E-state index in [-0.39, 0.29) is 35.1 Å². The summed E-state index contributed by atoms with van der Waals surface area (Å²) < 4.78 is 46.4. The van der Waals surface area contributed by atoms with Gasteiger partial charge >= 0.3 is 0 Å². The van der Waals surface area contributed by atoms with E-state index in [1.54, 1.807) is 28.1 Å². The summed E-state index contributed by atoms with van der Waals surface area (Å²) in [6, 6.07) is 1.82. The molecule has 2 N–H and O–H groups in total. The minimum atomic E-state index is -0.723. The molecular formula is C23H21F3IN7OS. The van der Waals surface area contributed by atoms with Crippen molar-refractivity contribution in [2.45, 2.75) is 37.8 Å². The second-order valence-corrected chi connectivity index (χ2v) is 10.4. The molecule has 0 radical (unpaired) electrons. The van der Waals surface area contributed by atoms with Crippen LogP contribution in [0.1, 0.15) is 36.2 Å². The molecule has 1 aliphatic rings. The van der Waals surface area contributed by atoms with Crippen molar-refractivity contribution >= 4 is 53.0 Å². The predicted molar refractivity (Wildman–Crippen MR) is 140 cm³/mol. The van der Waals surface area contributed by atoms with E-state index in [1.165, 1.54) is 21.4 Å². The van der Waals surface area contributed by atoms with E-state index in [0.29, 0.717) is 23.1 Å². The fourth-order valence-corrected chi connectivity index (χ4v) is 5.89. The topological polar surface area (TPSA) is 89.7 Å². The molecule has 3 heterocycles. The van der Waals surface area contributed by atoms with E-state index >= 15 is 0 Å². The number of rotatable bonds is 6. The Morgan fingerprint density at radius 2 is 1.97 bits per heavy atom. The van der Waals surface area contributed by atoms with Crippen LogP contribution in [0, 0.1) is 17.5 Å². The van der Waals surface area contributed by atoms with Crippen LogP contribution in [0.3, 0.4) is 0 Å². The van der Waals surface area contributed by atoms with Gasteiger partial charge in [-0.15, -0.1) is 0 Å². The normalized spacial score (nSPS) is 17.9. The van der Waals surface area contributed by atoms with Gasteiger partial charge in [0.15, 0.2) is 23.3 Å². The van der Waals surface area contributed by atoms with E-state index in [4.69, 9.17) is 0 Å². The van der Waals surface area contributed by atoms with Gasteiger partial charge in [-0.2, -0.15) is 0 Å². The first-order valence-electron chi connectivity index (χ1n) is 11.2. The summed E-state index contributed by atoms with van der Waals surface area (Å²) in [4.78, 5) is 25.0. The first-order valence-corrected chi connectivity index (χ1v) is 14.5.